The highest BCUT2D eigenvalue weighted by Gasteiger charge is 2.55. The maximum absolute atomic E-state index is 13.6. The van der Waals surface area contributed by atoms with Crippen LogP contribution in [-0.2, 0) is 32.4 Å². The molecule has 3 aromatic carbocycles. The average Bonchev–Trinajstić information content (AvgIpc) is 3.81. The minimum Gasteiger partial charge on any atom is -0.481 e. The fourth-order valence-corrected chi connectivity index (χ4v) is 8.10. The highest BCUT2D eigenvalue weighted by Crippen LogP contribution is 2.55. The molecule has 1 aliphatic carbocycles. The Labute approximate surface area is 264 Å². The third kappa shape index (κ3) is 6.93. The zero-order valence-electron chi connectivity index (χ0n) is 23.9. The molecule has 10 heteroatoms. The molecule has 1 saturated carbocycles. The van der Waals surface area contributed by atoms with Crippen LogP contribution in [0, 0.1) is 11.3 Å². The Morgan fingerprint density at radius 1 is 1.02 bits per heavy atom. The first-order chi connectivity index (χ1) is 20.5. The van der Waals surface area contributed by atoms with Crippen LogP contribution in [0.25, 0.3) is 0 Å². The molecule has 1 aliphatic heterocycles. The number of thiol groups is 1. The first kappa shape index (κ1) is 31.5. The highest BCUT2D eigenvalue weighted by molar-refractivity contribution is 7.69. The van der Waals surface area contributed by atoms with E-state index in [1.165, 1.54) is 0 Å². The number of carboxylic acids is 1. The maximum atomic E-state index is 13.6. The van der Waals surface area contributed by atoms with Gasteiger partial charge in [-0.05, 0) is 79.0 Å². The summed E-state index contributed by atoms with van der Waals surface area (Å²) in [6, 6.07) is 24.0. The highest BCUT2D eigenvalue weighted by atomic mass is 35.5. The number of piperidine rings is 1. The van der Waals surface area contributed by atoms with Gasteiger partial charge >= 0.3 is 5.97 Å². The number of nitrogens with one attached hydrogen (secondary N) is 1. The molecule has 0 bridgehead atoms. The smallest absolute Gasteiger partial charge is 0.304 e. The van der Waals surface area contributed by atoms with Crippen molar-refractivity contribution in [3.63, 3.8) is 0 Å². The molecule has 0 aromatic heterocycles. The minimum atomic E-state index is -3.03. The van der Waals surface area contributed by atoms with Gasteiger partial charge < -0.3 is 10.4 Å². The number of aliphatic carboxylic acids is 1. The fraction of sp³-hybridized carbons (Fsp3) is 0.394. The van der Waals surface area contributed by atoms with E-state index in [-0.39, 0.29) is 37.1 Å². The van der Waals surface area contributed by atoms with Crippen LogP contribution < -0.4 is 5.32 Å². The molecule has 0 unspecified atom stereocenters. The van der Waals surface area contributed by atoms with Gasteiger partial charge in [-0.2, -0.15) is 4.31 Å². The van der Waals surface area contributed by atoms with Crippen LogP contribution >= 0.6 is 23.2 Å². The Hall–Kier alpha value is -2.91. The number of carboxylic acid groups (broad SMARTS) is 1. The summed E-state index contributed by atoms with van der Waals surface area (Å²) in [6.45, 7) is 1.94. The van der Waals surface area contributed by atoms with Crippen molar-refractivity contribution in [1.29, 1.82) is 0 Å². The molecule has 0 radical (unpaired) electrons. The number of rotatable bonds is 12. The molecule has 5 rings (SSSR count). The van der Waals surface area contributed by atoms with Crippen molar-refractivity contribution in [1.82, 2.24) is 9.62 Å². The van der Waals surface area contributed by atoms with E-state index in [1.54, 1.807) is 29.4 Å². The van der Waals surface area contributed by atoms with Crippen molar-refractivity contribution in [3.05, 3.63) is 106 Å². The van der Waals surface area contributed by atoms with Crippen molar-refractivity contribution >= 4 is 46.0 Å². The summed E-state index contributed by atoms with van der Waals surface area (Å²) in [4.78, 5) is 25.4. The zero-order chi connectivity index (χ0) is 30.8. The van der Waals surface area contributed by atoms with Crippen LogP contribution in [0.5, 0.6) is 0 Å². The summed E-state index contributed by atoms with van der Waals surface area (Å²) in [5.74, 6) is -1.67. The van der Waals surface area contributed by atoms with Gasteiger partial charge in [-0.15, -0.1) is 0 Å². The molecule has 3 aromatic rings. The molecule has 4 atom stereocenters. The Balaban J connectivity index is 1.61. The van der Waals surface area contributed by atoms with Gasteiger partial charge in [0.25, 0.3) is 0 Å². The summed E-state index contributed by atoms with van der Waals surface area (Å²) in [7, 11) is -3.03. The first-order valence-electron chi connectivity index (χ1n) is 14.5. The van der Waals surface area contributed by atoms with Crippen LogP contribution in [0.4, 0.5) is 0 Å². The monoisotopic (exact) mass is 642 g/mol. The summed E-state index contributed by atoms with van der Waals surface area (Å²) in [5.41, 5.74) is 0.623. The number of nitrogens with zero attached hydrogens (tertiary/aromatic N) is 1. The molecular formula is C33H36Cl2N2O5S. The maximum Gasteiger partial charge on any atom is 0.304 e. The van der Waals surface area contributed by atoms with E-state index < -0.39 is 33.9 Å². The Bertz CT molecular complexity index is 1540. The number of amides is 1. The Morgan fingerprint density at radius 2 is 1.72 bits per heavy atom. The molecule has 0 spiro atoms. The van der Waals surface area contributed by atoms with Crippen molar-refractivity contribution in [2.75, 3.05) is 6.54 Å². The van der Waals surface area contributed by atoms with E-state index in [0.717, 1.165) is 29.5 Å². The molecule has 2 fully saturated rings. The Kier molecular flexibility index (Phi) is 9.52. The molecule has 2 aliphatic rings. The van der Waals surface area contributed by atoms with Gasteiger partial charge in [0.05, 0.1) is 17.4 Å². The second kappa shape index (κ2) is 13.0. The molecule has 1 heterocycles. The van der Waals surface area contributed by atoms with Crippen LogP contribution in [0.2, 0.25) is 10.0 Å². The van der Waals surface area contributed by atoms with Crippen LogP contribution in [-0.4, -0.2) is 42.3 Å². The average molecular weight is 644 g/mol. The number of hydrogen-bond acceptors (Lipinski definition) is 4. The van der Waals surface area contributed by atoms with Crippen molar-refractivity contribution in [2.45, 2.75) is 62.9 Å². The summed E-state index contributed by atoms with van der Waals surface area (Å²) in [5, 5.41) is 13.9. The van der Waals surface area contributed by atoms with Gasteiger partial charge in [0.2, 0.25) is 16.8 Å². The van der Waals surface area contributed by atoms with Crippen molar-refractivity contribution in [3.8, 4) is 0 Å². The van der Waals surface area contributed by atoms with E-state index in [1.807, 2.05) is 60.7 Å². The second-order valence-corrected chi connectivity index (χ2v) is 13.9. The predicted octanol–water partition coefficient (Wildman–Crippen LogP) is 6.21. The third-order valence-corrected chi connectivity index (χ3v) is 10.5. The van der Waals surface area contributed by atoms with Gasteiger partial charge in [0.15, 0.2) is 0 Å². The van der Waals surface area contributed by atoms with Crippen LogP contribution in [0.3, 0.4) is 0 Å². The van der Waals surface area contributed by atoms with E-state index in [2.05, 4.69) is 5.32 Å². The van der Waals surface area contributed by atoms with E-state index in [4.69, 9.17) is 23.2 Å². The van der Waals surface area contributed by atoms with E-state index in [0.29, 0.717) is 22.9 Å². The number of carbonyl (C=O) groups is 2. The molecule has 2 N–H and O–H groups in total. The largest absolute Gasteiger partial charge is 0.481 e. The summed E-state index contributed by atoms with van der Waals surface area (Å²) >= 11 is 12.7. The topological polar surface area (TPSA) is 104 Å². The SMILES string of the molecule is C[C@@]1(CC(=O)O)C[C@H](c2cccc(Cl)c2)[C@H](C[C@@](c2ccc(Cl)cc2)(C2CC2)N(CCc2ccccc2)[SH](=O)=O)NC1=O. The lowest BCUT2D eigenvalue weighted by molar-refractivity contribution is -0.147. The fourth-order valence-electron chi connectivity index (χ4n) is 6.86. The number of hydrogen-bond donors (Lipinski definition) is 3. The van der Waals surface area contributed by atoms with Crippen LogP contribution in [0.15, 0.2) is 78.9 Å². The molecule has 228 valence electrons. The first-order valence-corrected chi connectivity index (χ1v) is 16.4. The Morgan fingerprint density at radius 3 is 2.33 bits per heavy atom. The number of carbonyl (C=O) groups excluding carboxylic acids is 1. The molecule has 43 heavy (non-hydrogen) atoms. The molecule has 1 amide bonds. The standard InChI is InChI=1S/C33H36Cl2N2O5S/c1-32(21-30(38)39)19-28(23-8-5-9-27(35)18-23)29(36-31(32)40)20-33(24-10-11-24,25-12-14-26(34)15-13-25)37(43(41)42)17-16-22-6-3-2-4-7-22/h2-9,12-15,18,24,28-29,43H,10-11,16-17,19-21H2,1H3,(H,36,40)(H,38,39)/t28-,29+,32+,33+/m1/s1. The second-order valence-electron chi connectivity index (χ2n) is 12.1. The van der Waals surface area contributed by atoms with Crippen LogP contribution in [0.1, 0.15) is 61.6 Å². The van der Waals surface area contributed by atoms with E-state index in [9.17, 15) is 23.1 Å². The van der Waals surface area contributed by atoms with Gasteiger partial charge in [0.1, 0.15) is 0 Å². The lowest BCUT2D eigenvalue weighted by atomic mass is 9.66. The van der Waals surface area contributed by atoms with Crippen molar-refractivity contribution < 1.29 is 23.1 Å². The zero-order valence-corrected chi connectivity index (χ0v) is 26.3. The third-order valence-electron chi connectivity index (χ3n) is 9.08. The molecule has 7 nitrogen and oxygen atoms in total. The lowest BCUT2D eigenvalue weighted by Gasteiger charge is -2.49. The van der Waals surface area contributed by atoms with Crippen molar-refractivity contribution in [2.24, 2.45) is 11.3 Å². The predicted molar refractivity (Wildman–Crippen MR) is 169 cm³/mol. The number of halogens is 2. The normalized spacial score (nSPS) is 23.6. The van der Waals surface area contributed by atoms with Gasteiger partial charge in [-0.25, -0.2) is 8.42 Å². The van der Waals surface area contributed by atoms with Gasteiger partial charge in [0, 0.05) is 28.5 Å². The molecular weight excluding hydrogens is 607 g/mol. The summed E-state index contributed by atoms with van der Waals surface area (Å²) < 4.78 is 28.1. The summed E-state index contributed by atoms with van der Waals surface area (Å²) in [6.07, 6.45) is 2.48. The quantitative estimate of drug-likeness (QED) is 0.204. The lowest BCUT2D eigenvalue weighted by Crippen LogP contribution is -2.58. The minimum absolute atomic E-state index is 0.0293. The van der Waals surface area contributed by atoms with Gasteiger partial charge in [-0.3, -0.25) is 9.59 Å². The van der Waals surface area contributed by atoms with Gasteiger partial charge in [-0.1, -0.05) is 84.7 Å². The van der Waals surface area contributed by atoms with E-state index >= 15 is 0 Å². The number of benzene rings is 3. The molecule has 1 saturated heterocycles.